The maximum absolute atomic E-state index is 13.6. The Morgan fingerprint density at radius 1 is 1.06 bits per heavy atom. The number of aryl methyl sites for hydroxylation is 1. The summed E-state index contributed by atoms with van der Waals surface area (Å²) in [6, 6.07) is 2.91. The third kappa shape index (κ3) is 1.60. The van der Waals surface area contributed by atoms with Gasteiger partial charge in [0.15, 0.2) is 11.6 Å². The topological polar surface area (TPSA) is 51.8 Å². The van der Waals surface area contributed by atoms with Gasteiger partial charge in [-0.25, -0.2) is 13.8 Å². The number of halogens is 2. The number of nitrogen functional groups attached to an aromatic ring is 1. The van der Waals surface area contributed by atoms with Gasteiger partial charge in [0.25, 0.3) is 0 Å². The molecular formula is C11H9F2N3. The lowest BCUT2D eigenvalue weighted by atomic mass is 10.1. The highest BCUT2D eigenvalue weighted by atomic mass is 19.2. The van der Waals surface area contributed by atoms with E-state index in [1.165, 1.54) is 31.5 Å². The fourth-order valence-corrected chi connectivity index (χ4v) is 1.39. The predicted molar refractivity (Wildman–Crippen MR) is 56.5 cm³/mol. The molecule has 0 unspecified atom stereocenters. The molecule has 5 heteroatoms. The highest BCUT2D eigenvalue weighted by molar-refractivity contribution is 5.70. The summed E-state index contributed by atoms with van der Waals surface area (Å²) >= 11 is 0. The molecule has 1 aromatic heterocycles. The van der Waals surface area contributed by atoms with Crippen LogP contribution in [0.4, 0.5) is 14.6 Å². The van der Waals surface area contributed by atoms with Crippen LogP contribution in [0.2, 0.25) is 0 Å². The van der Waals surface area contributed by atoms with Gasteiger partial charge in [0.1, 0.15) is 11.5 Å². The second-order valence-electron chi connectivity index (χ2n) is 3.35. The summed E-state index contributed by atoms with van der Waals surface area (Å²) in [6.45, 7) is 1.49. The third-order valence-electron chi connectivity index (χ3n) is 2.26. The van der Waals surface area contributed by atoms with E-state index < -0.39 is 11.6 Å². The number of nitrogens with zero attached hydrogens (tertiary/aromatic N) is 2. The van der Waals surface area contributed by atoms with Crippen molar-refractivity contribution in [1.29, 1.82) is 0 Å². The molecule has 1 aromatic carbocycles. The molecule has 1 heterocycles. The van der Waals surface area contributed by atoms with E-state index in [1.54, 1.807) is 0 Å². The van der Waals surface area contributed by atoms with Gasteiger partial charge in [-0.05, 0) is 18.6 Å². The van der Waals surface area contributed by atoms with Crippen LogP contribution in [0.5, 0.6) is 0 Å². The Labute approximate surface area is 91.0 Å². The molecule has 16 heavy (non-hydrogen) atoms. The van der Waals surface area contributed by atoms with Crippen LogP contribution >= 0.6 is 0 Å². The molecule has 3 nitrogen and oxygen atoms in total. The molecule has 0 radical (unpaired) electrons. The largest absolute Gasteiger partial charge is 0.382 e. The standard InChI is InChI=1S/C11H9F2N3/c1-6-2-3-7(9(13)8(6)12)10-11(14)16-5-4-15-10/h2-5H,1H3,(H2,14,16). The summed E-state index contributed by atoms with van der Waals surface area (Å²) < 4.78 is 27.0. The van der Waals surface area contributed by atoms with Gasteiger partial charge < -0.3 is 5.73 Å². The van der Waals surface area contributed by atoms with Gasteiger partial charge in [-0.1, -0.05) is 6.07 Å². The molecule has 82 valence electrons. The highest BCUT2D eigenvalue weighted by Gasteiger charge is 2.15. The van der Waals surface area contributed by atoms with Crippen LogP contribution in [0.3, 0.4) is 0 Å². The fraction of sp³-hybridized carbons (Fsp3) is 0.0909. The van der Waals surface area contributed by atoms with Crippen molar-refractivity contribution in [2.24, 2.45) is 0 Å². The molecule has 0 fully saturated rings. The Kier molecular flexibility index (Phi) is 2.52. The molecule has 2 rings (SSSR count). The zero-order valence-electron chi connectivity index (χ0n) is 8.54. The van der Waals surface area contributed by atoms with E-state index in [1.807, 2.05) is 0 Å². The first kappa shape index (κ1) is 10.5. The lowest BCUT2D eigenvalue weighted by Gasteiger charge is -2.06. The monoisotopic (exact) mass is 221 g/mol. The molecule has 0 atom stereocenters. The quantitative estimate of drug-likeness (QED) is 0.803. The van der Waals surface area contributed by atoms with Crippen molar-refractivity contribution < 1.29 is 8.78 Å². The summed E-state index contributed by atoms with van der Waals surface area (Å²) in [5.41, 5.74) is 5.96. The van der Waals surface area contributed by atoms with Crippen LogP contribution in [-0.4, -0.2) is 9.97 Å². The van der Waals surface area contributed by atoms with E-state index in [0.29, 0.717) is 0 Å². The zero-order valence-corrected chi connectivity index (χ0v) is 8.54. The average molecular weight is 221 g/mol. The normalized spacial score (nSPS) is 10.4. The maximum Gasteiger partial charge on any atom is 0.168 e. The first-order chi connectivity index (χ1) is 7.61. The highest BCUT2D eigenvalue weighted by Crippen LogP contribution is 2.27. The molecular weight excluding hydrogens is 212 g/mol. The van der Waals surface area contributed by atoms with Crippen LogP contribution in [0.15, 0.2) is 24.5 Å². The lowest BCUT2D eigenvalue weighted by molar-refractivity contribution is 0.505. The minimum absolute atomic E-state index is 0.0219. The number of benzene rings is 1. The van der Waals surface area contributed by atoms with E-state index in [4.69, 9.17) is 5.73 Å². The van der Waals surface area contributed by atoms with Gasteiger partial charge >= 0.3 is 0 Å². The summed E-state index contributed by atoms with van der Waals surface area (Å²) in [4.78, 5) is 7.66. The van der Waals surface area contributed by atoms with Gasteiger partial charge in [-0.2, -0.15) is 0 Å². The SMILES string of the molecule is Cc1ccc(-c2nccnc2N)c(F)c1F. The van der Waals surface area contributed by atoms with Crippen molar-refractivity contribution in [2.45, 2.75) is 6.92 Å². The summed E-state index contributed by atoms with van der Waals surface area (Å²) in [7, 11) is 0. The van der Waals surface area contributed by atoms with Gasteiger partial charge in [-0.3, -0.25) is 4.98 Å². The molecule has 0 amide bonds. The molecule has 2 aromatic rings. The van der Waals surface area contributed by atoms with Crippen molar-refractivity contribution >= 4 is 5.82 Å². The van der Waals surface area contributed by atoms with E-state index in [9.17, 15) is 8.78 Å². The Morgan fingerprint density at radius 2 is 1.75 bits per heavy atom. The second kappa shape index (κ2) is 3.84. The van der Waals surface area contributed by atoms with Crippen LogP contribution < -0.4 is 5.73 Å². The number of nitrogens with two attached hydrogens (primary N) is 1. The molecule has 0 saturated heterocycles. The number of anilines is 1. The average Bonchev–Trinajstić information content (AvgIpc) is 2.28. The van der Waals surface area contributed by atoms with Crippen LogP contribution in [-0.2, 0) is 0 Å². The molecule has 2 N–H and O–H groups in total. The van der Waals surface area contributed by atoms with E-state index in [2.05, 4.69) is 9.97 Å². The molecule has 0 spiro atoms. The summed E-state index contributed by atoms with van der Waals surface area (Å²) in [6.07, 6.45) is 2.77. The maximum atomic E-state index is 13.6. The van der Waals surface area contributed by atoms with E-state index in [0.717, 1.165) is 0 Å². The van der Waals surface area contributed by atoms with Gasteiger partial charge in [0.2, 0.25) is 0 Å². The number of aromatic nitrogens is 2. The van der Waals surface area contributed by atoms with Gasteiger partial charge in [0.05, 0.1) is 0 Å². The Balaban J connectivity index is 2.66. The molecule has 0 aliphatic heterocycles. The summed E-state index contributed by atoms with van der Waals surface area (Å²) in [5, 5.41) is 0. The lowest BCUT2D eigenvalue weighted by Crippen LogP contribution is -2.00. The Morgan fingerprint density at radius 3 is 2.44 bits per heavy atom. The number of hydrogen-bond donors (Lipinski definition) is 1. The van der Waals surface area contributed by atoms with Crippen LogP contribution in [0.1, 0.15) is 5.56 Å². The van der Waals surface area contributed by atoms with Crippen molar-refractivity contribution in [3.63, 3.8) is 0 Å². The van der Waals surface area contributed by atoms with E-state index >= 15 is 0 Å². The molecule has 0 aliphatic carbocycles. The van der Waals surface area contributed by atoms with Gasteiger partial charge in [-0.15, -0.1) is 0 Å². The molecule has 0 bridgehead atoms. The zero-order chi connectivity index (χ0) is 11.7. The predicted octanol–water partition coefficient (Wildman–Crippen LogP) is 2.31. The van der Waals surface area contributed by atoms with Crippen LogP contribution in [0.25, 0.3) is 11.3 Å². The second-order valence-corrected chi connectivity index (χ2v) is 3.35. The fourth-order valence-electron chi connectivity index (χ4n) is 1.39. The minimum Gasteiger partial charge on any atom is -0.382 e. The van der Waals surface area contributed by atoms with E-state index in [-0.39, 0.29) is 22.6 Å². The smallest absolute Gasteiger partial charge is 0.168 e. The van der Waals surface area contributed by atoms with Gasteiger partial charge in [0, 0.05) is 18.0 Å². The number of rotatable bonds is 1. The minimum atomic E-state index is -0.952. The first-order valence-corrected chi connectivity index (χ1v) is 4.62. The van der Waals surface area contributed by atoms with Crippen molar-refractivity contribution in [3.05, 3.63) is 41.7 Å². The van der Waals surface area contributed by atoms with Crippen molar-refractivity contribution in [3.8, 4) is 11.3 Å². The Hall–Kier alpha value is -2.04. The first-order valence-electron chi connectivity index (χ1n) is 4.62. The third-order valence-corrected chi connectivity index (χ3v) is 2.26. The summed E-state index contributed by atoms with van der Waals surface area (Å²) in [5.74, 6) is -1.76. The van der Waals surface area contributed by atoms with Crippen LogP contribution in [0, 0.1) is 18.6 Å². The molecule has 0 aliphatic rings. The Bertz CT molecular complexity index is 541. The van der Waals surface area contributed by atoms with Crippen molar-refractivity contribution in [2.75, 3.05) is 5.73 Å². The number of hydrogen-bond acceptors (Lipinski definition) is 3. The van der Waals surface area contributed by atoms with Crippen molar-refractivity contribution in [1.82, 2.24) is 9.97 Å². The molecule has 0 saturated carbocycles.